The predicted molar refractivity (Wildman–Crippen MR) is 121 cm³/mol. The van der Waals surface area contributed by atoms with Crippen molar-refractivity contribution in [3.63, 3.8) is 0 Å². The van der Waals surface area contributed by atoms with Crippen molar-refractivity contribution in [1.82, 2.24) is 5.06 Å². The van der Waals surface area contributed by atoms with Crippen LogP contribution in [0.1, 0.15) is 37.9 Å². The number of imide groups is 1. The molecule has 3 aromatic rings. The van der Waals surface area contributed by atoms with Gasteiger partial charge in [-0.05, 0) is 42.0 Å². The van der Waals surface area contributed by atoms with Crippen molar-refractivity contribution in [2.75, 3.05) is 20.6 Å². The molecule has 3 aromatic carbocycles. The lowest BCUT2D eigenvalue weighted by Gasteiger charge is -2.25. The van der Waals surface area contributed by atoms with Crippen LogP contribution in [0.15, 0.2) is 66.7 Å². The summed E-state index contributed by atoms with van der Waals surface area (Å²) in [7, 11) is 5.59. The average Bonchev–Trinajstić information content (AvgIpc) is 3.07. The van der Waals surface area contributed by atoms with E-state index in [1.807, 2.05) is 12.1 Å². The molecule has 2 atom stereocenters. The Morgan fingerprint density at radius 1 is 0.844 bits per heavy atom. The minimum atomic E-state index is -0.803. The van der Waals surface area contributed by atoms with E-state index in [2.05, 4.69) is 9.24 Å². The maximum atomic E-state index is 12.9. The first kappa shape index (κ1) is 21.8. The molecule has 0 spiro atoms. The Morgan fingerprint density at radius 2 is 1.47 bits per heavy atom. The molecule has 7 nitrogen and oxygen atoms in total. The van der Waals surface area contributed by atoms with E-state index in [4.69, 9.17) is 19.0 Å². The molecule has 0 bridgehead atoms. The van der Waals surface area contributed by atoms with E-state index in [0.717, 1.165) is 5.06 Å². The third-order valence-electron chi connectivity index (χ3n) is 5.12. The van der Waals surface area contributed by atoms with Gasteiger partial charge in [-0.15, -0.1) is 5.06 Å². The lowest BCUT2D eigenvalue weighted by atomic mass is 10.00. The quantitative estimate of drug-likeness (QED) is 0.377. The van der Waals surface area contributed by atoms with Gasteiger partial charge in [0.15, 0.2) is 0 Å². The average molecular weight is 451 g/mol. The monoisotopic (exact) mass is 451 g/mol. The predicted octanol–water partition coefficient (Wildman–Crippen LogP) is 4.23. The van der Waals surface area contributed by atoms with Gasteiger partial charge in [0.2, 0.25) is 0 Å². The van der Waals surface area contributed by atoms with Crippen LogP contribution in [0.5, 0.6) is 17.2 Å². The van der Waals surface area contributed by atoms with Crippen molar-refractivity contribution in [2.45, 2.75) is 6.10 Å². The summed E-state index contributed by atoms with van der Waals surface area (Å²) in [5.74, 6) is 0.771. The lowest BCUT2D eigenvalue weighted by molar-refractivity contribution is -0.121. The molecule has 0 saturated heterocycles. The zero-order valence-corrected chi connectivity index (χ0v) is 18.8. The first-order chi connectivity index (χ1) is 15.6. The summed E-state index contributed by atoms with van der Waals surface area (Å²) in [6, 6.07) is 19.2. The van der Waals surface area contributed by atoms with E-state index in [1.165, 1.54) is 7.11 Å². The third-order valence-corrected chi connectivity index (χ3v) is 5.29. The van der Waals surface area contributed by atoms with Gasteiger partial charge in [-0.25, -0.2) is 4.84 Å². The van der Waals surface area contributed by atoms with Crippen molar-refractivity contribution in [3.8, 4) is 17.2 Å². The van der Waals surface area contributed by atoms with Crippen molar-refractivity contribution in [2.24, 2.45) is 0 Å². The number of rotatable bonds is 8. The minimum Gasteiger partial charge on any atom is -0.497 e. The molecule has 0 aromatic heterocycles. The molecular formula is C24H22NO6P. The first-order valence-electron chi connectivity index (χ1n) is 9.86. The van der Waals surface area contributed by atoms with Crippen LogP contribution >= 0.6 is 9.24 Å². The second-order valence-corrected chi connectivity index (χ2v) is 7.26. The fourth-order valence-electron chi connectivity index (χ4n) is 3.54. The van der Waals surface area contributed by atoms with Gasteiger partial charge in [0.05, 0.1) is 25.3 Å². The van der Waals surface area contributed by atoms with E-state index in [1.54, 1.807) is 61.7 Å². The molecule has 1 aliphatic heterocycles. The summed E-state index contributed by atoms with van der Waals surface area (Å²) in [5.41, 5.74) is 1.95. The minimum absolute atomic E-state index is 0.308. The summed E-state index contributed by atoms with van der Waals surface area (Å²) < 4.78 is 16.3. The molecule has 8 heteroatoms. The van der Waals surface area contributed by atoms with Gasteiger partial charge in [-0.1, -0.05) is 33.5 Å². The molecule has 0 fully saturated rings. The summed E-state index contributed by atoms with van der Waals surface area (Å²) >= 11 is 0. The molecule has 0 saturated carbocycles. The zero-order valence-electron chi connectivity index (χ0n) is 17.6. The van der Waals surface area contributed by atoms with E-state index in [0.29, 0.717) is 45.9 Å². The summed E-state index contributed by atoms with van der Waals surface area (Å²) in [6.07, 6.45) is -0.344. The van der Waals surface area contributed by atoms with Crippen molar-refractivity contribution >= 4 is 21.1 Å². The van der Waals surface area contributed by atoms with Gasteiger partial charge in [0, 0.05) is 11.6 Å². The Bertz CT molecular complexity index is 1110. The highest BCUT2D eigenvalue weighted by molar-refractivity contribution is 7.16. The molecular weight excluding hydrogens is 429 g/mol. The van der Waals surface area contributed by atoms with Crippen LogP contribution in [0.3, 0.4) is 0 Å². The highest BCUT2D eigenvalue weighted by Gasteiger charge is 2.39. The molecule has 1 aliphatic rings. The number of carbonyl (C=O) groups is 2. The summed E-state index contributed by atoms with van der Waals surface area (Å²) in [6.45, 7) is 0. The van der Waals surface area contributed by atoms with Crippen LogP contribution in [-0.4, -0.2) is 37.4 Å². The van der Waals surface area contributed by atoms with Gasteiger partial charge in [-0.3, -0.25) is 9.59 Å². The van der Waals surface area contributed by atoms with E-state index in [9.17, 15) is 9.59 Å². The maximum Gasteiger partial charge on any atom is 0.285 e. The molecule has 1 heterocycles. The largest absolute Gasteiger partial charge is 0.497 e. The number of hydroxylamine groups is 2. The summed E-state index contributed by atoms with van der Waals surface area (Å²) in [4.78, 5) is 31.9. The van der Waals surface area contributed by atoms with Crippen LogP contribution in [0, 0.1) is 0 Å². The number of benzene rings is 3. The molecule has 4 rings (SSSR count). The zero-order chi connectivity index (χ0) is 22.7. The number of methoxy groups -OCH3 is 2. The van der Waals surface area contributed by atoms with Gasteiger partial charge >= 0.3 is 0 Å². The number of carbonyl (C=O) groups excluding carboxylic acids is 2. The fraction of sp³-hybridized carbons (Fsp3) is 0.167. The topological polar surface area (TPSA) is 74.3 Å². The molecule has 164 valence electrons. The van der Waals surface area contributed by atoms with Gasteiger partial charge in [0.25, 0.3) is 11.8 Å². The molecule has 2 unspecified atom stereocenters. The van der Waals surface area contributed by atoms with E-state index < -0.39 is 17.9 Å². The number of hydrogen-bond donors (Lipinski definition) is 0. The molecule has 32 heavy (non-hydrogen) atoms. The number of ether oxygens (including phenoxy) is 3. The van der Waals surface area contributed by atoms with Crippen LogP contribution < -0.4 is 14.2 Å². The number of hydrogen-bond acceptors (Lipinski definition) is 6. The van der Waals surface area contributed by atoms with Gasteiger partial charge in [0.1, 0.15) is 29.7 Å². The van der Waals surface area contributed by atoms with Crippen molar-refractivity contribution in [1.29, 1.82) is 0 Å². The Hall–Kier alpha value is -3.41. The van der Waals surface area contributed by atoms with Crippen LogP contribution in [0.4, 0.5) is 0 Å². The smallest absolute Gasteiger partial charge is 0.285 e. The van der Waals surface area contributed by atoms with Crippen LogP contribution in [0.2, 0.25) is 0 Å². The van der Waals surface area contributed by atoms with E-state index in [-0.39, 0.29) is 0 Å². The first-order valence-corrected chi connectivity index (χ1v) is 10.7. The Kier molecular flexibility index (Phi) is 6.40. The Morgan fingerprint density at radius 3 is 2.03 bits per heavy atom. The number of amides is 2. The second kappa shape index (κ2) is 9.39. The molecule has 0 aliphatic carbocycles. The Balaban J connectivity index is 1.75. The fourth-order valence-corrected chi connectivity index (χ4v) is 3.73. The van der Waals surface area contributed by atoms with Crippen molar-refractivity contribution in [3.05, 3.63) is 89.0 Å². The number of nitrogens with zero attached hydrogens (tertiary/aromatic N) is 1. The lowest BCUT2D eigenvalue weighted by Crippen LogP contribution is -2.32. The van der Waals surface area contributed by atoms with Gasteiger partial charge < -0.3 is 14.2 Å². The number of fused-ring (bicyclic) bond motifs is 1. The normalized spacial score (nSPS) is 13.7. The SMILES string of the molecule is COc1ccc(C(ON2C(=O)c3ccccc3C2=O)c2ccc(OCP)cc2)c(OC)c1. The molecule has 0 N–H and O–H groups in total. The maximum absolute atomic E-state index is 12.9. The van der Waals surface area contributed by atoms with Crippen LogP contribution in [-0.2, 0) is 4.84 Å². The van der Waals surface area contributed by atoms with Crippen molar-refractivity contribution < 1.29 is 28.6 Å². The second-order valence-electron chi connectivity index (χ2n) is 6.92. The van der Waals surface area contributed by atoms with Crippen LogP contribution in [0.25, 0.3) is 0 Å². The Labute approximate surface area is 188 Å². The van der Waals surface area contributed by atoms with E-state index >= 15 is 0 Å². The van der Waals surface area contributed by atoms with Gasteiger partial charge in [-0.2, -0.15) is 0 Å². The molecule has 2 amide bonds. The molecule has 0 radical (unpaired) electrons. The summed E-state index contributed by atoms with van der Waals surface area (Å²) in [5, 5.41) is 0.812. The highest BCUT2D eigenvalue weighted by atomic mass is 31.0. The standard InChI is InChI=1S/C24H22NO6P/c1-28-17-11-12-20(21(13-17)29-2)22(15-7-9-16(10-8-15)30-14-32)31-25-23(26)18-5-3-4-6-19(18)24(25)27/h3-13,22H,14,32H2,1-2H3. The highest BCUT2D eigenvalue weighted by Crippen LogP contribution is 2.38. The third kappa shape index (κ3) is 4.05.